The Labute approximate surface area is 108 Å². The number of hydrogen-bond donors (Lipinski definition) is 0. The summed E-state index contributed by atoms with van der Waals surface area (Å²) in [6, 6.07) is 14.4. The zero-order chi connectivity index (χ0) is 13.9. The van der Waals surface area contributed by atoms with Gasteiger partial charge in [0.15, 0.2) is 0 Å². The highest BCUT2D eigenvalue weighted by Crippen LogP contribution is 2.33. The first kappa shape index (κ1) is 13.2. The van der Waals surface area contributed by atoms with Gasteiger partial charge in [-0.1, -0.05) is 36.4 Å². The summed E-state index contributed by atoms with van der Waals surface area (Å²) < 4.78 is 38.5. The van der Waals surface area contributed by atoms with Gasteiger partial charge in [-0.25, -0.2) is 0 Å². The van der Waals surface area contributed by atoms with Crippen molar-refractivity contribution >= 4 is 0 Å². The Morgan fingerprint density at radius 3 is 2.21 bits per heavy atom. The van der Waals surface area contributed by atoms with Crippen LogP contribution in [0.5, 0.6) is 0 Å². The van der Waals surface area contributed by atoms with Crippen molar-refractivity contribution in [2.24, 2.45) is 0 Å². The number of nitriles is 1. The molecule has 19 heavy (non-hydrogen) atoms. The van der Waals surface area contributed by atoms with Crippen LogP contribution in [0, 0.1) is 11.3 Å². The Morgan fingerprint density at radius 1 is 0.947 bits per heavy atom. The molecule has 1 nitrogen and oxygen atoms in total. The average molecular weight is 261 g/mol. The number of halogens is 3. The van der Waals surface area contributed by atoms with Gasteiger partial charge in [-0.3, -0.25) is 0 Å². The summed E-state index contributed by atoms with van der Waals surface area (Å²) in [6.07, 6.45) is -4.45. The molecule has 0 aliphatic heterocycles. The number of rotatable bonds is 2. The van der Waals surface area contributed by atoms with E-state index in [1.165, 1.54) is 0 Å². The molecule has 0 amide bonds. The fourth-order valence-corrected chi connectivity index (χ4v) is 1.85. The third-order valence-corrected chi connectivity index (χ3v) is 2.71. The van der Waals surface area contributed by atoms with Crippen molar-refractivity contribution in [3.63, 3.8) is 0 Å². The first-order valence-electron chi connectivity index (χ1n) is 5.64. The molecule has 2 aromatic rings. The molecule has 2 aromatic carbocycles. The molecule has 0 aromatic heterocycles. The molecular weight excluding hydrogens is 251 g/mol. The van der Waals surface area contributed by atoms with Gasteiger partial charge in [0, 0.05) is 0 Å². The highest BCUT2D eigenvalue weighted by Gasteiger charge is 2.31. The summed E-state index contributed by atoms with van der Waals surface area (Å²) >= 11 is 0. The van der Waals surface area contributed by atoms with E-state index in [0.29, 0.717) is 16.7 Å². The lowest BCUT2D eigenvalue weighted by Crippen LogP contribution is -2.06. The van der Waals surface area contributed by atoms with Crippen molar-refractivity contribution in [1.82, 2.24) is 0 Å². The van der Waals surface area contributed by atoms with Crippen molar-refractivity contribution in [2.75, 3.05) is 0 Å². The van der Waals surface area contributed by atoms with Gasteiger partial charge in [-0.2, -0.15) is 18.4 Å². The van der Waals surface area contributed by atoms with Gasteiger partial charge < -0.3 is 0 Å². The van der Waals surface area contributed by atoms with Crippen LogP contribution in [0.4, 0.5) is 13.2 Å². The van der Waals surface area contributed by atoms with Crippen LogP contribution in [0.3, 0.4) is 0 Å². The third-order valence-electron chi connectivity index (χ3n) is 2.71. The zero-order valence-corrected chi connectivity index (χ0v) is 9.91. The van der Waals surface area contributed by atoms with Gasteiger partial charge in [-0.15, -0.1) is 0 Å². The van der Waals surface area contributed by atoms with E-state index >= 15 is 0 Å². The maximum absolute atomic E-state index is 12.8. The predicted molar refractivity (Wildman–Crippen MR) is 66.2 cm³/mol. The minimum absolute atomic E-state index is 0.0379. The minimum atomic E-state index is -4.41. The Morgan fingerprint density at radius 2 is 1.63 bits per heavy atom. The minimum Gasteiger partial charge on any atom is -0.198 e. The number of benzene rings is 2. The Hall–Kier alpha value is -2.28. The van der Waals surface area contributed by atoms with E-state index in [0.717, 1.165) is 12.1 Å². The fraction of sp³-hybridized carbons (Fsp3) is 0.133. The van der Waals surface area contributed by atoms with Crippen LogP contribution in [0.15, 0.2) is 48.5 Å². The van der Waals surface area contributed by atoms with Crippen LogP contribution < -0.4 is 0 Å². The molecule has 0 fully saturated rings. The maximum Gasteiger partial charge on any atom is 0.416 e. The van der Waals surface area contributed by atoms with Gasteiger partial charge in [0.1, 0.15) is 0 Å². The second kappa shape index (κ2) is 5.15. The van der Waals surface area contributed by atoms with Crippen molar-refractivity contribution < 1.29 is 13.2 Å². The van der Waals surface area contributed by atoms with E-state index in [1.54, 1.807) is 36.4 Å². The number of hydrogen-bond acceptors (Lipinski definition) is 1. The maximum atomic E-state index is 12.8. The first-order valence-corrected chi connectivity index (χ1v) is 5.64. The summed E-state index contributed by atoms with van der Waals surface area (Å²) in [5, 5.41) is 8.64. The normalized spacial score (nSPS) is 11.1. The van der Waals surface area contributed by atoms with Crippen molar-refractivity contribution in [1.29, 1.82) is 5.26 Å². The lowest BCUT2D eigenvalue weighted by molar-refractivity contribution is -0.137. The van der Waals surface area contributed by atoms with Crippen LogP contribution in [-0.4, -0.2) is 0 Å². The highest BCUT2D eigenvalue weighted by atomic mass is 19.4. The van der Waals surface area contributed by atoms with E-state index in [4.69, 9.17) is 5.26 Å². The highest BCUT2D eigenvalue weighted by molar-refractivity contribution is 5.65. The molecule has 0 bridgehead atoms. The lowest BCUT2D eigenvalue weighted by atomic mass is 9.98. The lowest BCUT2D eigenvalue weighted by Gasteiger charge is -2.11. The summed E-state index contributed by atoms with van der Waals surface area (Å²) in [4.78, 5) is 0. The topological polar surface area (TPSA) is 23.8 Å². The molecule has 0 unspecified atom stereocenters. The van der Waals surface area contributed by atoms with Crippen molar-refractivity contribution in [2.45, 2.75) is 12.6 Å². The van der Waals surface area contributed by atoms with Crippen LogP contribution in [0.25, 0.3) is 11.1 Å². The third kappa shape index (κ3) is 3.14. The van der Waals surface area contributed by atoms with Gasteiger partial charge in [0.2, 0.25) is 0 Å². The smallest absolute Gasteiger partial charge is 0.198 e. The SMILES string of the molecule is N#CCc1cc(-c2ccccc2)cc(C(F)(F)F)c1. The molecular formula is C15H10F3N. The standard InChI is InChI=1S/C15H10F3N/c16-15(17,18)14-9-11(6-7-19)8-13(10-14)12-4-2-1-3-5-12/h1-5,8-10H,6H2. The van der Waals surface area contributed by atoms with E-state index in [1.807, 2.05) is 6.07 Å². The summed E-state index contributed by atoms with van der Waals surface area (Å²) in [5.41, 5.74) is 0.823. The second-order valence-electron chi connectivity index (χ2n) is 4.12. The largest absolute Gasteiger partial charge is 0.416 e. The van der Waals surface area contributed by atoms with Crippen LogP contribution in [-0.2, 0) is 12.6 Å². The van der Waals surface area contributed by atoms with Crippen molar-refractivity contribution in [3.8, 4) is 17.2 Å². The molecule has 0 radical (unpaired) electrons. The van der Waals surface area contributed by atoms with Gasteiger partial charge in [0.05, 0.1) is 18.1 Å². The molecule has 0 heterocycles. The molecule has 0 aliphatic carbocycles. The Bertz CT molecular complexity index is 610. The molecule has 0 spiro atoms. The van der Waals surface area contributed by atoms with Gasteiger partial charge in [-0.05, 0) is 28.8 Å². The van der Waals surface area contributed by atoms with E-state index < -0.39 is 11.7 Å². The molecule has 96 valence electrons. The van der Waals surface area contributed by atoms with Gasteiger partial charge >= 0.3 is 6.18 Å². The summed E-state index contributed by atoms with van der Waals surface area (Å²) in [7, 11) is 0. The Balaban J connectivity index is 2.56. The predicted octanol–water partition coefficient (Wildman–Crippen LogP) is 4.44. The molecule has 0 saturated heterocycles. The molecule has 2 rings (SSSR count). The van der Waals surface area contributed by atoms with E-state index in [-0.39, 0.29) is 6.42 Å². The molecule has 0 atom stereocenters. The molecule has 0 aliphatic rings. The Kier molecular flexibility index (Phi) is 3.57. The van der Waals surface area contributed by atoms with Crippen molar-refractivity contribution in [3.05, 3.63) is 59.7 Å². The fourth-order valence-electron chi connectivity index (χ4n) is 1.85. The summed E-state index contributed by atoms with van der Waals surface area (Å²) in [6.45, 7) is 0. The van der Waals surface area contributed by atoms with Crippen LogP contribution in [0.2, 0.25) is 0 Å². The monoisotopic (exact) mass is 261 g/mol. The molecule has 0 saturated carbocycles. The quantitative estimate of drug-likeness (QED) is 0.784. The summed E-state index contributed by atoms with van der Waals surface area (Å²) in [5.74, 6) is 0. The average Bonchev–Trinajstić information content (AvgIpc) is 2.39. The molecule has 4 heteroatoms. The van der Waals surface area contributed by atoms with Crippen LogP contribution >= 0.6 is 0 Å². The van der Waals surface area contributed by atoms with E-state index in [9.17, 15) is 13.2 Å². The first-order chi connectivity index (χ1) is 9.00. The van der Waals surface area contributed by atoms with Gasteiger partial charge in [0.25, 0.3) is 0 Å². The zero-order valence-electron chi connectivity index (χ0n) is 9.91. The second-order valence-corrected chi connectivity index (χ2v) is 4.12. The van der Waals surface area contributed by atoms with Crippen LogP contribution in [0.1, 0.15) is 11.1 Å². The molecule has 0 N–H and O–H groups in total. The van der Waals surface area contributed by atoms with E-state index in [2.05, 4.69) is 0 Å². The number of alkyl halides is 3. The number of nitrogens with zero attached hydrogens (tertiary/aromatic N) is 1.